The van der Waals surface area contributed by atoms with Crippen molar-refractivity contribution in [3.05, 3.63) is 484 Å². The number of aryl methyl sites for hydroxylation is 2. The molecular weight excluding hydrogens is 1490 g/mol. The van der Waals surface area contributed by atoms with Gasteiger partial charge in [0.25, 0.3) is 0 Å². The molecule has 0 saturated carbocycles. The molecule has 1 unspecified atom stereocenters. The number of nitrogens with zero attached hydrogens (tertiary/aromatic N) is 3. The van der Waals surface area contributed by atoms with Crippen molar-refractivity contribution in [2.24, 2.45) is 0 Å². The normalized spacial score (nSPS) is 15.6. The van der Waals surface area contributed by atoms with Crippen LogP contribution in [0.25, 0.3) is 94.3 Å². The van der Waals surface area contributed by atoms with Crippen molar-refractivity contribution in [1.29, 1.82) is 0 Å². The molecule has 25 rings (SSSR count). The number of aromatic nitrogens is 1. The summed E-state index contributed by atoms with van der Waals surface area (Å²) in [4.78, 5) is 5.21. The predicted molar refractivity (Wildman–Crippen MR) is 505 cm³/mol. The summed E-state index contributed by atoms with van der Waals surface area (Å²) in [6.45, 7) is 11.8. The van der Waals surface area contributed by atoms with Gasteiger partial charge in [-0.15, -0.1) is 0 Å². The van der Waals surface area contributed by atoms with Gasteiger partial charge in [0, 0.05) is 60.8 Å². The lowest BCUT2D eigenvalue weighted by Gasteiger charge is -2.49. The van der Waals surface area contributed by atoms with E-state index in [1.54, 1.807) is 0 Å². The summed E-state index contributed by atoms with van der Waals surface area (Å²) in [7, 11) is 0. The van der Waals surface area contributed by atoms with E-state index in [0.29, 0.717) is 6.42 Å². The Balaban J connectivity index is 0.686. The van der Waals surface area contributed by atoms with Crippen LogP contribution in [0.15, 0.2) is 400 Å². The van der Waals surface area contributed by atoms with Crippen molar-refractivity contribution < 1.29 is 9.47 Å². The number of anilines is 6. The van der Waals surface area contributed by atoms with Gasteiger partial charge in [-0.2, -0.15) is 0 Å². The predicted octanol–water partition coefficient (Wildman–Crippen LogP) is 30.4. The fourth-order valence-electron chi connectivity index (χ4n) is 22.9. The second kappa shape index (κ2) is 26.5. The number of hydrogen-bond donors (Lipinski definition) is 0. The zero-order valence-electron chi connectivity index (χ0n) is 69.0. The SMILES string of the molecule is Cc1ccccc1-c1ccc2c(c1)C1(c3ccccc3Oc3ccccc31)c1cc(-c3ccccc3C)ccc1N2c1cccc2c1-c1ccccc1C2(C)Cc1cccc2c1Oc1ccccc1C21c2cc(-c3ccccc3)ccc2N(c2ccc3c(c2)C(C)(C)c2cc(-n4c5ccccc5c5ccccc54)ccc2-3)c2ccc(-c3ccccc3)cc21. The fraction of sp³-hybridized carbons (Fsp3) is 0.0847. The Bertz CT molecular complexity index is 7420. The van der Waals surface area contributed by atoms with Crippen LogP contribution in [0.4, 0.5) is 34.1 Å². The first-order valence-corrected chi connectivity index (χ1v) is 43.1. The van der Waals surface area contributed by atoms with Crippen LogP contribution in [-0.2, 0) is 28.1 Å². The number of fused-ring (bicyclic) bond motifs is 25. The van der Waals surface area contributed by atoms with Crippen LogP contribution in [0.2, 0.25) is 0 Å². The summed E-state index contributed by atoms with van der Waals surface area (Å²) in [6, 6.07) is 151. The van der Waals surface area contributed by atoms with E-state index in [1.807, 2.05) is 0 Å². The first kappa shape index (κ1) is 70.9. The Labute approximate surface area is 716 Å². The topological polar surface area (TPSA) is 29.9 Å². The molecule has 0 bridgehead atoms. The lowest BCUT2D eigenvalue weighted by atomic mass is 9.60. The number of benzene rings is 18. The minimum atomic E-state index is -0.942. The molecule has 5 nitrogen and oxygen atoms in total. The maximum Gasteiger partial charge on any atom is 0.135 e. The molecule has 5 heteroatoms. The van der Waals surface area contributed by atoms with E-state index in [1.165, 1.54) is 111 Å². The highest BCUT2D eigenvalue weighted by Crippen LogP contribution is 2.69. The van der Waals surface area contributed by atoms with Crippen molar-refractivity contribution in [3.8, 4) is 95.4 Å². The molecule has 2 aliphatic carbocycles. The second-order valence-electron chi connectivity index (χ2n) is 35.2. The van der Waals surface area contributed by atoms with E-state index in [2.05, 4.69) is 449 Å². The summed E-state index contributed by atoms with van der Waals surface area (Å²) >= 11 is 0. The lowest BCUT2D eigenvalue weighted by Crippen LogP contribution is -2.40. The van der Waals surface area contributed by atoms with Gasteiger partial charge in [-0.3, -0.25) is 0 Å². The summed E-state index contributed by atoms with van der Waals surface area (Å²) in [5.41, 5.74) is 39.6. The van der Waals surface area contributed by atoms with Crippen molar-refractivity contribution in [1.82, 2.24) is 4.57 Å². The van der Waals surface area contributed by atoms with Crippen LogP contribution in [0.5, 0.6) is 23.0 Å². The number of ether oxygens (including phenoxy) is 2. The van der Waals surface area contributed by atoms with Crippen LogP contribution in [0, 0.1) is 13.8 Å². The van der Waals surface area contributed by atoms with Gasteiger partial charge >= 0.3 is 0 Å². The first-order chi connectivity index (χ1) is 60.4. The summed E-state index contributed by atoms with van der Waals surface area (Å²) in [5, 5.41) is 2.51. The molecule has 4 aliphatic heterocycles. The minimum absolute atomic E-state index is 0.362. The molecule has 5 heterocycles. The Morgan fingerprint density at radius 2 is 0.659 bits per heavy atom. The van der Waals surface area contributed by atoms with Crippen molar-refractivity contribution in [2.75, 3.05) is 9.80 Å². The molecule has 18 aromatic carbocycles. The monoisotopic (exact) mass is 1570 g/mol. The molecule has 0 saturated heterocycles. The quantitative estimate of drug-likeness (QED) is 0.144. The molecule has 0 radical (unpaired) electrons. The van der Waals surface area contributed by atoms with E-state index < -0.39 is 16.2 Å². The van der Waals surface area contributed by atoms with E-state index in [9.17, 15) is 0 Å². The molecule has 1 aromatic heterocycles. The third-order valence-electron chi connectivity index (χ3n) is 28.5. The zero-order valence-corrected chi connectivity index (χ0v) is 69.0. The van der Waals surface area contributed by atoms with Crippen LogP contribution in [-0.4, -0.2) is 4.57 Å². The van der Waals surface area contributed by atoms with Crippen LogP contribution in [0.3, 0.4) is 0 Å². The van der Waals surface area contributed by atoms with E-state index in [-0.39, 0.29) is 5.41 Å². The largest absolute Gasteiger partial charge is 0.457 e. The van der Waals surface area contributed by atoms with E-state index in [4.69, 9.17) is 9.47 Å². The third-order valence-corrected chi connectivity index (χ3v) is 28.5. The Morgan fingerprint density at radius 1 is 0.252 bits per heavy atom. The molecule has 6 aliphatic rings. The highest BCUT2D eigenvalue weighted by molar-refractivity contribution is 6.10. The molecule has 0 N–H and O–H groups in total. The highest BCUT2D eigenvalue weighted by Gasteiger charge is 2.56. The van der Waals surface area contributed by atoms with Gasteiger partial charge < -0.3 is 23.8 Å². The standard InChI is InChI=1S/C118H83N3O2/c1-73-30-12-14-37-84(73)79-56-64-107-101(68-79)117(92-43-20-25-51-110(92)122-111-52-26-21-44-93(111)117)102-69-80(85-38-15-13-31-74(85)2)57-65-108(102)121(107)109-50-29-46-95-113(109)90-41-16-19-42-91(90)116(95,5)72-81-36-28-47-96-114(81)123-112-53-27-22-45-94(112)118(96)99-66-77(75-32-8-6-9-33-75)54-62-105(99)120(106-63-55-78(67-100(106)118)76-34-10-7-11-35-76)83-59-61-87-86-60-58-82(70-97(86)115(3,4)98(87)71-83)119-103-48-23-17-39-88(103)89-40-18-24-49-104(89)119/h6-71H,72H2,1-5H3. The number of rotatable bonds is 9. The minimum Gasteiger partial charge on any atom is -0.457 e. The maximum absolute atomic E-state index is 7.88. The maximum atomic E-state index is 7.88. The van der Waals surface area contributed by atoms with Crippen LogP contribution >= 0.6 is 0 Å². The van der Waals surface area contributed by atoms with Gasteiger partial charge in [0.1, 0.15) is 23.0 Å². The molecule has 123 heavy (non-hydrogen) atoms. The summed E-state index contributed by atoms with van der Waals surface area (Å²) < 4.78 is 17.4. The molecule has 582 valence electrons. The average Bonchev–Trinajstić information content (AvgIpc) is 1.22. The van der Waals surface area contributed by atoms with Gasteiger partial charge in [-0.1, -0.05) is 312 Å². The molecule has 1 atom stereocenters. The zero-order chi connectivity index (χ0) is 81.8. The van der Waals surface area contributed by atoms with Gasteiger partial charge in [0.15, 0.2) is 0 Å². The van der Waals surface area contributed by atoms with Crippen molar-refractivity contribution in [2.45, 2.75) is 62.7 Å². The summed E-state index contributed by atoms with van der Waals surface area (Å²) in [6.07, 6.45) is 0.624. The van der Waals surface area contributed by atoms with Crippen LogP contribution in [0.1, 0.15) is 104 Å². The Morgan fingerprint density at radius 3 is 1.20 bits per heavy atom. The Hall–Kier alpha value is -15.0. The first-order valence-electron chi connectivity index (χ1n) is 43.1. The third kappa shape index (κ3) is 9.96. The Kier molecular flexibility index (Phi) is 15.3. The summed E-state index contributed by atoms with van der Waals surface area (Å²) in [5.74, 6) is 3.41. The molecule has 0 fully saturated rings. The van der Waals surface area contributed by atoms with Gasteiger partial charge in [0.2, 0.25) is 0 Å². The van der Waals surface area contributed by atoms with Crippen LogP contribution < -0.4 is 19.3 Å². The van der Waals surface area contributed by atoms with E-state index in [0.717, 1.165) is 124 Å². The van der Waals surface area contributed by atoms with Crippen molar-refractivity contribution in [3.63, 3.8) is 0 Å². The lowest BCUT2D eigenvalue weighted by molar-refractivity contribution is 0.423. The molecule has 0 amide bonds. The molecule has 19 aromatic rings. The molecule has 2 spiro atoms. The smallest absolute Gasteiger partial charge is 0.135 e. The van der Waals surface area contributed by atoms with E-state index >= 15 is 0 Å². The highest BCUT2D eigenvalue weighted by atomic mass is 16.5. The van der Waals surface area contributed by atoms with Gasteiger partial charge in [-0.25, -0.2) is 0 Å². The van der Waals surface area contributed by atoms with Gasteiger partial charge in [-0.05, 0) is 252 Å². The molecular formula is C118H83N3O2. The van der Waals surface area contributed by atoms with Crippen molar-refractivity contribution >= 4 is 55.9 Å². The number of hydrogen-bond acceptors (Lipinski definition) is 4. The second-order valence-corrected chi connectivity index (χ2v) is 35.2. The average molecular weight is 1570 g/mol. The number of para-hydroxylation sites is 6. The fourth-order valence-corrected chi connectivity index (χ4v) is 22.9. The van der Waals surface area contributed by atoms with Gasteiger partial charge in [0.05, 0.1) is 50.3 Å².